The molecule has 43 heavy (non-hydrogen) atoms. The highest BCUT2D eigenvalue weighted by Gasteiger charge is 2.94. The molecule has 0 aromatic carbocycles. The molecule has 0 bridgehead atoms. The van der Waals surface area contributed by atoms with Crippen molar-refractivity contribution in [3.05, 3.63) is 0 Å². The summed E-state index contributed by atoms with van der Waals surface area (Å²) >= 11 is 0. The van der Waals surface area contributed by atoms with E-state index in [9.17, 15) is 119 Å². The third-order valence-corrected chi connectivity index (χ3v) is 4.46. The Balaban J connectivity index is 6.78. The summed E-state index contributed by atoms with van der Waals surface area (Å²) in [5.41, 5.74) is 0. The van der Waals surface area contributed by atoms with Crippen molar-refractivity contribution in [1.82, 2.24) is 0 Å². The highest BCUT2D eigenvalue weighted by Crippen LogP contribution is 2.63. The van der Waals surface area contributed by atoms with Gasteiger partial charge in [0.2, 0.25) is 0 Å². The summed E-state index contributed by atoms with van der Waals surface area (Å²) in [7, 11) is 0. The molecule has 260 valence electrons. The average molecular weight is 716 g/mol. The van der Waals surface area contributed by atoms with E-state index >= 15 is 0 Å². The van der Waals surface area contributed by atoms with E-state index < -0.39 is 84.9 Å². The summed E-state index contributed by atoms with van der Waals surface area (Å²) in [5, 5.41) is 0. The number of alkyl halides is 27. The van der Waals surface area contributed by atoms with Crippen molar-refractivity contribution in [3.8, 4) is 0 Å². The van der Waals surface area contributed by atoms with Gasteiger partial charge in [-0.1, -0.05) is 0 Å². The molecule has 0 amide bonds. The molecule has 0 saturated carbocycles. The Labute approximate surface area is 214 Å². The largest absolute Gasteiger partial charge is 0.460 e. The maximum atomic E-state index is 13.4. The molecule has 0 radical (unpaired) electrons. The highest BCUT2D eigenvalue weighted by molar-refractivity contribution is 5.12. The van der Waals surface area contributed by atoms with E-state index in [1.165, 1.54) is 0 Å². The van der Waals surface area contributed by atoms with E-state index in [2.05, 4.69) is 0 Å². The molecule has 29 heteroatoms. The van der Waals surface area contributed by atoms with Crippen molar-refractivity contribution in [2.45, 2.75) is 84.9 Å². The fraction of sp³-hybridized carbons (Fsp3) is 1.00. The molecule has 0 spiro atoms. The second-order valence-corrected chi connectivity index (χ2v) is 7.68. The molecule has 0 unspecified atom stereocenters. The second-order valence-electron chi connectivity index (χ2n) is 7.68. The Kier molecular flexibility index (Phi) is 9.56. The first kappa shape index (κ1) is 41.0. The number of hydrogen-bond acceptors (Lipinski definition) is 2. The second kappa shape index (κ2) is 10.0. The predicted octanol–water partition coefficient (Wildman–Crippen LogP) is 9.06. The lowest BCUT2D eigenvalue weighted by Gasteiger charge is -2.42. The Morgan fingerprint density at radius 2 is 0.465 bits per heavy atom. The number of halogens is 27. The topological polar surface area (TPSA) is 18.5 Å². The van der Waals surface area contributed by atoms with Crippen molar-refractivity contribution in [3.63, 3.8) is 0 Å². The van der Waals surface area contributed by atoms with Crippen LogP contribution >= 0.6 is 0 Å². The van der Waals surface area contributed by atoms with Gasteiger partial charge >= 0.3 is 78.0 Å². The van der Waals surface area contributed by atoms with Gasteiger partial charge in [-0.2, -0.15) is 119 Å². The zero-order valence-electron chi connectivity index (χ0n) is 18.5. The van der Waals surface area contributed by atoms with Gasteiger partial charge in [0.15, 0.2) is 0 Å². The van der Waals surface area contributed by atoms with Crippen molar-refractivity contribution < 1.29 is 128 Å². The van der Waals surface area contributed by atoms with Gasteiger partial charge in [-0.15, -0.1) is 0 Å². The Bertz CT molecular complexity index is 998. The van der Waals surface area contributed by atoms with Crippen LogP contribution in [0.2, 0.25) is 0 Å². The molecular formula is C14H3F27O2. The lowest BCUT2D eigenvalue weighted by molar-refractivity contribution is -0.559. The van der Waals surface area contributed by atoms with E-state index in [0.717, 1.165) is 9.47 Å². The van der Waals surface area contributed by atoms with Crippen LogP contribution < -0.4 is 0 Å². The van der Waals surface area contributed by atoms with Crippen LogP contribution in [0.3, 0.4) is 0 Å². The van der Waals surface area contributed by atoms with E-state index in [1.54, 1.807) is 0 Å². The zero-order chi connectivity index (χ0) is 35.9. The van der Waals surface area contributed by atoms with E-state index in [1.807, 2.05) is 0 Å². The zero-order valence-corrected chi connectivity index (χ0v) is 18.5. The quantitative estimate of drug-likeness (QED) is 0.177. The van der Waals surface area contributed by atoms with Gasteiger partial charge in [-0.05, 0) is 0 Å². The molecular weight excluding hydrogens is 713 g/mol. The van der Waals surface area contributed by atoms with E-state index in [0.29, 0.717) is 0 Å². The fourth-order valence-corrected chi connectivity index (χ4v) is 1.98. The summed E-state index contributed by atoms with van der Waals surface area (Å²) < 4.78 is 352. The highest BCUT2D eigenvalue weighted by atomic mass is 19.4. The van der Waals surface area contributed by atoms with Gasteiger partial charge in [0.1, 0.15) is 0 Å². The minimum atomic E-state index is -9.14. The summed E-state index contributed by atoms with van der Waals surface area (Å²) in [5.74, 6) is -67.2. The fourth-order valence-electron chi connectivity index (χ4n) is 1.98. The van der Waals surface area contributed by atoms with Gasteiger partial charge in [0.25, 0.3) is 0 Å². The van der Waals surface area contributed by atoms with Crippen LogP contribution in [-0.4, -0.2) is 78.0 Å². The molecule has 0 aliphatic rings. The molecule has 2 nitrogen and oxygen atoms in total. The Hall–Kier alpha value is -1.97. The lowest BCUT2D eigenvalue weighted by Crippen LogP contribution is -2.73. The maximum Gasteiger partial charge on any atom is 0.460 e. The third kappa shape index (κ3) is 5.79. The van der Waals surface area contributed by atoms with Crippen molar-refractivity contribution in [2.75, 3.05) is 0 Å². The first-order valence-corrected chi connectivity index (χ1v) is 8.92. The van der Waals surface area contributed by atoms with Gasteiger partial charge in [0, 0.05) is 6.92 Å². The van der Waals surface area contributed by atoms with E-state index in [4.69, 9.17) is 0 Å². The molecule has 0 aliphatic carbocycles. The molecule has 0 aliphatic heterocycles. The van der Waals surface area contributed by atoms with E-state index in [-0.39, 0.29) is 0 Å². The molecule has 0 aromatic rings. The standard InChI is InChI=1S/C14H3F27O2/c1-2(15,16)3(17,18)4(19,20)5(21,22)6(23,24)8(27,28)11(34,35)42-13(38,39)14(40,41)43-12(36,37)9(29,30)7(25,26)10(31,32)33/h1H3. The molecule has 0 saturated heterocycles. The normalized spacial score (nSPS) is 17.0. The van der Waals surface area contributed by atoms with Crippen molar-refractivity contribution in [1.29, 1.82) is 0 Å². The monoisotopic (exact) mass is 716 g/mol. The minimum absolute atomic E-state index is 0.840. The van der Waals surface area contributed by atoms with Crippen LogP contribution in [-0.2, 0) is 9.47 Å². The van der Waals surface area contributed by atoms with Gasteiger partial charge in [0.05, 0.1) is 0 Å². The summed E-state index contributed by atoms with van der Waals surface area (Å²) in [6, 6.07) is 0. The average Bonchev–Trinajstić information content (AvgIpc) is 2.69. The van der Waals surface area contributed by atoms with Crippen molar-refractivity contribution >= 4 is 0 Å². The lowest BCUT2D eigenvalue weighted by atomic mass is 9.91. The summed E-state index contributed by atoms with van der Waals surface area (Å²) in [6.45, 7) is -1.49. The SMILES string of the molecule is CC(F)(F)C(F)(F)C(F)(F)C(F)(F)C(F)(F)C(F)(F)C(F)(F)OC(F)(F)C(F)(F)OC(F)(F)C(F)(F)C(F)(F)C(F)(F)F. The smallest absolute Gasteiger partial charge is 0.243 e. The summed E-state index contributed by atoms with van der Waals surface area (Å²) in [4.78, 5) is 0. The van der Waals surface area contributed by atoms with Crippen LogP contribution in [0.1, 0.15) is 6.92 Å². The van der Waals surface area contributed by atoms with Crippen LogP contribution in [0.15, 0.2) is 0 Å². The number of hydrogen-bond donors (Lipinski definition) is 0. The van der Waals surface area contributed by atoms with Crippen LogP contribution in [0.5, 0.6) is 0 Å². The molecule has 0 rings (SSSR count). The molecule has 0 N–H and O–H groups in total. The van der Waals surface area contributed by atoms with Crippen LogP contribution in [0.4, 0.5) is 119 Å². The molecule has 0 fully saturated rings. The third-order valence-electron chi connectivity index (χ3n) is 4.46. The molecule has 0 heterocycles. The van der Waals surface area contributed by atoms with Gasteiger partial charge in [-0.25, -0.2) is 9.47 Å². The van der Waals surface area contributed by atoms with Gasteiger partial charge < -0.3 is 0 Å². The Morgan fingerprint density at radius 3 is 0.698 bits per heavy atom. The Morgan fingerprint density at radius 1 is 0.256 bits per heavy atom. The summed E-state index contributed by atoms with van der Waals surface area (Å²) in [6.07, 6.45) is -42.0. The van der Waals surface area contributed by atoms with Crippen LogP contribution in [0, 0.1) is 0 Å². The number of rotatable bonds is 13. The van der Waals surface area contributed by atoms with Crippen LogP contribution in [0.25, 0.3) is 0 Å². The van der Waals surface area contributed by atoms with Gasteiger partial charge in [-0.3, -0.25) is 0 Å². The number of ether oxygens (including phenoxy) is 2. The minimum Gasteiger partial charge on any atom is -0.243 e. The molecule has 0 atom stereocenters. The maximum absolute atomic E-state index is 13.4. The van der Waals surface area contributed by atoms with Crippen molar-refractivity contribution in [2.24, 2.45) is 0 Å². The first-order chi connectivity index (χ1) is 17.9. The first-order valence-electron chi connectivity index (χ1n) is 8.92. The molecule has 0 aromatic heterocycles. The predicted molar refractivity (Wildman–Crippen MR) is 73.3 cm³/mol.